The van der Waals surface area contributed by atoms with Crippen LogP contribution in [0.5, 0.6) is 5.75 Å². The van der Waals surface area contributed by atoms with Crippen molar-refractivity contribution in [2.24, 2.45) is 5.73 Å². The Hall–Kier alpha value is -2.48. The fourth-order valence-electron chi connectivity index (χ4n) is 2.29. The highest BCUT2D eigenvalue weighted by molar-refractivity contribution is 5.66. The molecule has 0 spiro atoms. The molecule has 0 aliphatic heterocycles. The summed E-state index contributed by atoms with van der Waals surface area (Å²) in [7, 11) is 1.47. The third-order valence-corrected chi connectivity index (χ3v) is 3.74. The van der Waals surface area contributed by atoms with E-state index in [4.69, 9.17) is 15.0 Å². The van der Waals surface area contributed by atoms with Crippen molar-refractivity contribution >= 4 is 5.69 Å². The average Bonchev–Trinajstić information content (AvgIpc) is 2.93. The fraction of sp³-hybridized carbons (Fsp3) is 0.385. The number of methoxy groups -OCH3 is 1. The van der Waals surface area contributed by atoms with E-state index in [1.807, 2.05) is 0 Å². The molecule has 0 bridgehead atoms. The smallest absolute Gasteiger partial charge is 0.270 e. The summed E-state index contributed by atoms with van der Waals surface area (Å²) < 4.78 is 10.4. The number of ether oxygens (including phenoxy) is 1. The highest BCUT2D eigenvalue weighted by atomic mass is 16.6. The molecule has 3 rings (SSSR count). The normalized spacial score (nSPS) is 16.3. The number of rotatable bonds is 4. The number of benzene rings is 1. The summed E-state index contributed by atoms with van der Waals surface area (Å²) >= 11 is 0. The van der Waals surface area contributed by atoms with Crippen LogP contribution in [-0.4, -0.2) is 22.2 Å². The Kier molecular flexibility index (Phi) is 3.09. The van der Waals surface area contributed by atoms with E-state index in [-0.39, 0.29) is 11.6 Å². The first-order valence-electron chi connectivity index (χ1n) is 6.49. The minimum atomic E-state index is -0.546. The van der Waals surface area contributed by atoms with Crippen LogP contribution in [0.4, 0.5) is 5.69 Å². The lowest BCUT2D eigenvalue weighted by Crippen LogP contribution is -2.44. The van der Waals surface area contributed by atoms with E-state index < -0.39 is 10.5 Å². The second-order valence-corrected chi connectivity index (χ2v) is 5.07. The number of hydrogen-bond acceptors (Lipinski definition) is 7. The maximum Gasteiger partial charge on any atom is 0.270 e. The maximum atomic E-state index is 10.9. The molecular weight excluding hydrogens is 276 g/mol. The van der Waals surface area contributed by atoms with Gasteiger partial charge in [0.1, 0.15) is 5.75 Å². The summed E-state index contributed by atoms with van der Waals surface area (Å²) in [5.74, 6) is 1.02. The molecule has 1 aromatic carbocycles. The summed E-state index contributed by atoms with van der Waals surface area (Å²) in [4.78, 5) is 14.7. The van der Waals surface area contributed by atoms with Crippen LogP contribution in [0.1, 0.15) is 25.1 Å². The monoisotopic (exact) mass is 290 g/mol. The topological polar surface area (TPSA) is 117 Å². The molecule has 0 radical (unpaired) electrons. The molecule has 0 atom stereocenters. The van der Waals surface area contributed by atoms with Gasteiger partial charge in [0, 0.05) is 12.1 Å². The molecule has 0 amide bonds. The third kappa shape index (κ3) is 2.23. The van der Waals surface area contributed by atoms with Gasteiger partial charge in [-0.15, -0.1) is 0 Å². The van der Waals surface area contributed by atoms with Gasteiger partial charge in [-0.3, -0.25) is 10.1 Å². The summed E-state index contributed by atoms with van der Waals surface area (Å²) in [6.45, 7) is 0. The summed E-state index contributed by atoms with van der Waals surface area (Å²) in [6, 6.07) is 4.20. The van der Waals surface area contributed by atoms with E-state index >= 15 is 0 Å². The number of non-ortho nitro benzene ring substituents is 1. The lowest BCUT2D eigenvalue weighted by molar-refractivity contribution is -0.384. The van der Waals surface area contributed by atoms with E-state index in [2.05, 4.69) is 10.1 Å². The fourth-order valence-corrected chi connectivity index (χ4v) is 2.29. The zero-order valence-corrected chi connectivity index (χ0v) is 11.4. The second kappa shape index (κ2) is 4.81. The first-order chi connectivity index (χ1) is 10.0. The number of nitrogens with two attached hydrogens (primary N) is 1. The van der Waals surface area contributed by atoms with Gasteiger partial charge in [-0.2, -0.15) is 4.98 Å². The van der Waals surface area contributed by atoms with Crippen LogP contribution in [0.3, 0.4) is 0 Å². The van der Waals surface area contributed by atoms with Crippen molar-refractivity contribution in [1.29, 1.82) is 0 Å². The molecule has 2 N–H and O–H groups in total. The maximum absolute atomic E-state index is 10.9. The zero-order valence-electron chi connectivity index (χ0n) is 11.4. The molecular formula is C13H14N4O4. The van der Waals surface area contributed by atoms with Crippen molar-refractivity contribution in [3.63, 3.8) is 0 Å². The number of hydrogen-bond donors (Lipinski definition) is 1. The van der Waals surface area contributed by atoms with Gasteiger partial charge in [-0.05, 0) is 25.3 Å². The van der Waals surface area contributed by atoms with Gasteiger partial charge in [-0.1, -0.05) is 5.16 Å². The van der Waals surface area contributed by atoms with Crippen LogP contribution < -0.4 is 10.5 Å². The quantitative estimate of drug-likeness (QED) is 0.675. The van der Waals surface area contributed by atoms with Crippen molar-refractivity contribution < 1.29 is 14.2 Å². The minimum absolute atomic E-state index is 0.0725. The highest BCUT2D eigenvalue weighted by Crippen LogP contribution is 2.39. The standard InChI is InChI=1S/C13H14N4O4/c1-20-10-4-3-8(17(18)19)7-9(10)11-15-12(16-21-11)13(14)5-2-6-13/h3-4,7H,2,5-6,14H2,1H3. The Bertz CT molecular complexity index is 693. The second-order valence-electron chi connectivity index (χ2n) is 5.07. The molecule has 1 aliphatic carbocycles. The molecule has 8 heteroatoms. The van der Waals surface area contributed by atoms with E-state index in [0.29, 0.717) is 17.1 Å². The largest absolute Gasteiger partial charge is 0.496 e. The SMILES string of the molecule is COc1ccc([N+](=O)[O-])cc1-c1nc(C2(N)CCC2)no1. The Balaban J connectivity index is 2.03. The van der Waals surface area contributed by atoms with Crippen molar-refractivity contribution in [3.8, 4) is 17.2 Å². The lowest BCUT2D eigenvalue weighted by atomic mass is 9.77. The van der Waals surface area contributed by atoms with Crippen molar-refractivity contribution in [3.05, 3.63) is 34.1 Å². The van der Waals surface area contributed by atoms with E-state index in [0.717, 1.165) is 19.3 Å². The molecule has 0 unspecified atom stereocenters. The van der Waals surface area contributed by atoms with E-state index in [9.17, 15) is 10.1 Å². The third-order valence-electron chi connectivity index (χ3n) is 3.74. The number of nitro groups is 1. The van der Waals surface area contributed by atoms with Gasteiger partial charge in [0.2, 0.25) is 0 Å². The first-order valence-corrected chi connectivity index (χ1v) is 6.49. The van der Waals surface area contributed by atoms with Gasteiger partial charge in [0.15, 0.2) is 5.82 Å². The lowest BCUT2D eigenvalue weighted by Gasteiger charge is -2.34. The number of nitro benzene ring substituents is 1. The Morgan fingerprint density at radius 3 is 2.81 bits per heavy atom. The number of aromatic nitrogens is 2. The molecule has 21 heavy (non-hydrogen) atoms. The predicted octanol–water partition coefficient (Wildman–Crippen LogP) is 1.99. The zero-order chi connectivity index (χ0) is 15.0. The van der Waals surface area contributed by atoms with Gasteiger partial charge in [-0.25, -0.2) is 0 Å². The van der Waals surface area contributed by atoms with Gasteiger partial charge in [0.05, 0.1) is 23.1 Å². The van der Waals surface area contributed by atoms with Crippen LogP contribution in [0.15, 0.2) is 22.7 Å². The molecule has 8 nitrogen and oxygen atoms in total. The molecule has 1 fully saturated rings. The highest BCUT2D eigenvalue weighted by Gasteiger charge is 2.39. The van der Waals surface area contributed by atoms with Crippen LogP contribution in [-0.2, 0) is 5.54 Å². The van der Waals surface area contributed by atoms with Crippen LogP contribution in [0, 0.1) is 10.1 Å². The van der Waals surface area contributed by atoms with Gasteiger partial charge in [0.25, 0.3) is 11.6 Å². The van der Waals surface area contributed by atoms with Crippen molar-refractivity contribution in [2.45, 2.75) is 24.8 Å². The molecule has 110 valence electrons. The molecule has 1 aliphatic rings. The molecule has 1 saturated carbocycles. The molecule has 1 heterocycles. The average molecular weight is 290 g/mol. The van der Waals surface area contributed by atoms with E-state index in [1.165, 1.54) is 25.3 Å². The molecule has 0 saturated heterocycles. The molecule has 2 aromatic rings. The van der Waals surface area contributed by atoms with E-state index in [1.54, 1.807) is 0 Å². The van der Waals surface area contributed by atoms with Crippen LogP contribution in [0.2, 0.25) is 0 Å². The number of nitrogens with zero attached hydrogens (tertiary/aromatic N) is 3. The van der Waals surface area contributed by atoms with Crippen LogP contribution in [0.25, 0.3) is 11.5 Å². The van der Waals surface area contributed by atoms with Crippen molar-refractivity contribution in [1.82, 2.24) is 10.1 Å². The van der Waals surface area contributed by atoms with Crippen molar-refractivity contribution in [2.75, 3.05) is 7.11 Å². The summed E-state index contributed by atoms with van der Waals surface area (Å²) in [5.41, 5.74) is 5.90. The summed E-state index contributed by atoms with van der Waals surface area (Å²) in [6.07, 6.45) is 2.64. The van der Waals surface area contributed by atoms with Crippen LogP contribution >= 0.6 is 0 Å². The Morgan fingerprint density at radius 2 is 2.24 bits per heavy atom. The molecule has 1 aromatic heterocycles. The van der Waals surface area contributed by atoms with Gasteiger partial charge >= 0.3 is 0 Å². The first kappa shape index (κ1) is 13.5. The Labute approximate surface area is 120 Å². The predicted molar refractivity (Wildman–Crippen MR) is 72.7 cm³/mol. The minimum Gasteiger partial charge on any atom is -0.496 e. The Morgan fingerprint density at radius 1 is 1.48 bits per heavy atom. The van der Waals surface area contributed by atoms with Gasteiger partial charge < -0.3 is 15.0 Å². The summed E-state index contributed by atoms with van der Waals surface area (Å²) in [5, 5.41) is 14.8.